The summed E-state index contributed by atoms with van der Waals surface area (Å²) in [6.45, 7) is 0.857. The topological polar surface area (TPSA) is 74.2 Å². The summed E-state index contributed by atoms with van der Waals surface area (Å²) in [6.07, 6.45) is 8.71. The van der Waals surface area contributed by atoms with Gasteiger partial charge in [0.1, 0.15) is 0 Å². The molecule has 2 aliphatic rings. The maximum absolute atomic E-state index is 6.30. The number of nitrogens with two attached hydrogens (primary N) is 1. The fourth-order valence-electron chi connectivity index (χ4n) is 2.93. The molecule has 1 saturated carbocycles. The van der Waals surface area contributed by atoms with Crippen LogP contribution < -0.4 is 5.73 Å². The van der Waals surface area contributed by atoms with E-state index in [-0.39, 0.29) is 11.6 Å². The zero-order valence-electron chi connectivity index (χ0n) is 10.7. The van der Waals surface area contributed by atoms with Crippen LogP contribution in [0.15, 0.2) is 4.52 Å². The zero-order valence-corrected chi connectivity index (χ0v) is 10.7. The molecule has 1 aliphatic carbocycles. The van der Waals surface area contributed by atoms with E-state index < -0.39 is 0 Å². The third-order valence-electron chi connectivity index (χ3n) is 4.07. The molecule has 0 spiro atoms. The van der Waals surface area contributed by atoms with E-state index in [4.69, 9.17) is 15.0 Å². The Labute approximate surface area is 107 Å². The average Bonchev–Trinajstić information content (AvgIpc) is 3.01. The summed E-state index contributed by atoms with van der Waals surface area (Å²) in [4.78, 5) is 4.48. The number of ether oxygens (including phenoxy) is 1. The minimum absolute atomic E-state index is 0.251. The third-order valence-corrected chi connectivity index (χ3v) is 4.07. The zero-order chi connectivity index (χ0) is 12.4. The van der Waals surface area contributed by atoms with Crippen molar-refractivity contribution in [3.8, 4) is 0 Å². The lowest BCUT2D eigenvalue weighted by Gasteiger charge is -2.21. The van der Waals surface area contributed by atoms with Gasteiger partial charge in [0.15, 0.2) is 5.82 Å². The molecule has 1 saturated heterocycles. The van der Waals surface area contributed by atoms with Gasteiger partial charge in [-0.2, -0.15) is 4.98 Å². The molecule has 5 heteroatoms. The smallest absolute Gasteiger partial charge is 0.246 e. The van der Waals surface area contributed by atoms with Gasteiger partial charge < -0.3 is 15.0 Å². The fraction of sp³-hybridized carbons (Fsp3) is 0.846. The van der Waals surface area contributed by atoms with E-state index in [1.54, 1.807) is 0 Å². The summed E-state index contributed by atoms with van der Waals surface area (Å²) in [6, 6.07) is 0. The Morgan fingerprint density at radius 2 is 2.06 bits per heavy atom. The lowest BCUT2D eigenvalue weighted by atomic mass is 9.99. The Kier molecular flexibility index (Phi) is 3.35. The summed E-state index contributed by atoms with van der Waals surface area (Å²) in [5.74, 6) is 1.36. The van der Waals surface area contributed by atoms with Crippen LogP contribution in [0.25, 0.3) is 0 Å². The van der Waals surface area contributed by atoms with Crippen LogP contribution in [0.5, 0.6) is 0 Å². The van der Waals surface area contributed by atoms with Gasteiger partial charge in [-0.25, -0.2) is 0 Å². The minimum atomic E-state index is -0.376. The molecule has 2 N–H and O–H groups in total. The molecule has 1 unspecified atom stereocenters. The maximum Gasteiger partial charge on any atom is 0.246 e. The number of hydrogen-bond donors (Lipinski definition) is 1. The minimum Gasteiger partial charge on any atom is -0.378 e. The SMILES string of the molecule is NC1(c2nc(CC3CCCCO3)no2)CCCC1. The van der Waals surface area contributed by atoms with Crippen molar-refractivity contribution in [2.45, 2.75) is 63.0 Å². The molecule has 100 valence electrons. The van der Waals surface area contributed by atoms with Crippen molar-refractivity contribution >= 4 is 0 Å². The van der Waals surface area contributed by atoms with Gasteiger partial charge in [0.05, 0.1) is 11.6 Å². The Morgan fingerprint density at radius 1 is 1.22 bits per heavy atom. The van der Waals surface area contributed by atoms with Crippen molar-refractivity contribution in [3.05, 3.63) is 11.7 Å². The van der Waals surface area contributed by atoms with E-state index >= 15 is 0 Å². The van der Waals surface area contributed by atoms with Crippen LogP contribution in [0, 0.1) is 0 Å². The van der Waals surface area contributed by atoms with Crippen molar-refractivity contribution in [2.75, 3.05) is 6.61 Å². The van der Waals surface area contributed by atoms with Gasteiger partial charge in [-0.3, -0.25) is 0 Å². The van der Waals surface area contributed by atoms with Crippen LogP contribution in [0.3, 0.4) is 0 Å². The van der Waals surface area contributed by atoms with Crippen LogP contribution in [0.4, 0.5) is 0 Å². The monoisotopic (exact) mass is 251 g/mol. The molecule has 3 rings (SSSR count). The van der Waals surface area contributed by atoms with Crippen LogP contribution in [0.1, 0.15) is 56.7 Å². The summed E-state index contributed by atoms with van der Waals surface area (Å²) >= 11 is 0. The fourth-order valence-corrected chi connectivity index (χ4v) is 2.93. The van der Waals surface area contributed by atoms with E-state index in [2.05, 4.69) is 10.1 Å². The lowest BCUT2D eigenvalue weighted by Crippen LogP contribution is -2.33. The summed E-state index contributed by atoms with van der Waals surface area (Å²) in [7, 11) is 0. The van der Waals surface area contributed by atoms with E-state index in [1.165, 1.54) is 12.8 Å². The van der Waals surface area contributed by atoms with Crippen molar-refractivity contribution in [3.63, 3.8) is 0 Å². The highest BCUT2D eigenvalue weighted by Gasteiger charge is 2.37. The summed E-state index contributed by atoms with van der Waals surface area (Å²) in [5, 5.41) is 4.05. The number of nitrogens with zero attached hydrogens (tertiary/aromatic N) is 2. The quantitative estimate of drug-likeness (QED) is 0.888. The van der Waals surface area contributed by atoms with Gasteiger partial charge in [0.2, 0.25) is 5.89 Å². The number of hydrogen-bond acceptors (Lipinski definition) is 5. The molecule has 1 aromatic heterocycles. The second-order valence-corrected chi connectivity index (χ2v) is 5.57. The third kappa shape index (κ3) is 2.42. The second kappa shape index (κ2) is 4.97. The van der Waals surface area contributed by atoms with Gasteiger partial charge in [-0.05, 0) is 32.1 Å². The van der Waals surface area contributed by atoms with Crippen LogP contribution in [-0.2, 0) is 16.7 Å². The first-order valence-corrected chi connectivity index (χ1v) is 7.00. The highest BCUT2D eigenvalue weighted by atomic mass is 16.5. The molecular formula is C13H21N3O2. The van der Waals surface area contributed by atoms with E-state index in [0.717, 1.165) is 51.0 Å². The van der Waals surface area contributed by atoms with Crippen molar-refractivity contribution in [2.24, 2.45) is 5.73 Å². The van der Waals surface area contributed by atoms with E-state index in [9.17, 15) is 0 Å². The summed E-state index contributed by atoms with van der Waals surface area (Å²) < 4.78 is 11.0. The van der Waals surface area contributed by atoms with Crippen LogP contribution in [0.2, 0.25) is 0 Å². The first-order valence-electron chi connectivity index (χ1n) is 7.00. The maximum atomic E-state index is 6.30. The molecule has 1 atom stereocenters. The molecule has 0 bridgehead atoms. The average molecular weight is 251 g/mol. The summed E-state index contributed by atoms with van der Waals surface area (Å²) in [5.41, 5.74) is 5.92. The van der Waals surface area contributed by atoms with Gasteiger partial charge in [0, 0.05) is 13.0 Å². The van der Waals surface area contributed by atoms with Gasteiger partial charge >= 0.3 is 0 Å². The highest BCUT2D eigenvalue weighted by molar-refractivity contribution is 5.05. The highest BCUT2D eigenvalue weighted by Crippen LogP contribution is 2.35. The Hall–Kier alpha value is -0.940. The van der Waals surface area contributed by atoms with Crippen molar-refractivity contribution in [1.29, 1.82) is 0 Å². The van der Waals surface area contributed by atoms with Gasteiger partial charge in [-0.1, -0.05) is 18.0 Å². The molecule has 0 amide bonds. The lowest BCUT2D eigenvalue weighted by molar-refractivity contribution is 0.0153. The number of aromatic nitrogens is 2. The van der Waals surface area contributed by atoms with Gasteiger partial charge in [0.25, 0.3) is 0 Å². The Morgan fingerprint density at radius 3 is 2.78 bits per heavy atom. The molecule has 1 aromatic rings. The normalized spacial score (nSPS) is 27.5. The van der Waals surface area contributed by atoms with E-state index in [1.807, 2.05) is 0 Å². The molecule has 0 aromatic carbocycles. The van der Waals surface area contributed by atoms with Crippen LogP contribution >= 0.6 is 0 Å². The van der Waals surface area contributed by atoms with Crippen LogP contribution in [-0.4, -0.2) is 22.9 Å². The van der Waals surface area contributed by atoms with Crippen molar-refractivity contribution in [1.82, 2.24) is 10.1 Å². The second-order valence-electron chi connectivity index (χ2n) is 5.57. The molecule has 2 fully saturated rings. The first kappa shape index (κ1) is 12.1. The largest absolute Gasteiger partial charge is 0.378 e. The molecular weight excluding hydrogens is 230 g/mol. The van der Waals surface area contributed by atoms with Gasteiger partial charge in [-0.15, -0.1) is 0 Å². The van der Waals surface area contributed by atoms with Crippen molar-refractivity contribution < 1.29 is 9.26 Å². The molecule has 18 heavy (non-hydrogen) atoms. The Bertz CT molecular complexity index is 393. The molecule has 0 radical (unpaired) electrons. The predicted octanol–water partition coefficient (Wildman–Crippen LogP) is 1.91. The standard InChI is InChI=1S/C13H21N3O2/c14-13(6-2-3-7-13)12-15-11(16-18-12)9-10-5-1-4-8-17-10/h10H,1-9,14H2. The predicted molar refractivity (Wildman–Crippen MR) is 65.9 cm³/mol. The molecule has 1 aliphatic heterocycles. The molecule has 5 nitrogen and oxygen atoms in total. The van der Waals surface area contributed by atoms with E-state index in [0.29, 0.717) is 5.89 Å². The molecule has 2 heterocycles. The first-order chi connectivity index (χ1) is 8.76. The Balaban J connectivity index is 1.65. The number of rotatable bonds is 3.